The van der Waals surface area contributed by atoms with E-state index in [1.165, 1.54) is 0 Å². The van der Waals surface area contributed by atoms with Gasteiger partial charge in [-0.3, -0.25) is 0 Å². The summed E-state index contributed by atoms with van der Waals surface area (Å²) in [5, 5.41) is 3.80. The fourth-order valence-corrected chi connectivity index (χ4v) is 3.87. The molecule has 120 valence electrons. The molecule has 5 nitrogen and oxygen atoms in total. The predicted octanol–water partition coefficient (Wildman–Crippen LogP) is 3.19. The van der Waals surface area contributed by atoms with Crippen LogP contribution in [0.3, 0.4) is 0 Å². The standard InChI is InChI=1S/C16H21NO4S/c1-11(2)20-16-8-6-5-7-14(16)9-22(18,19)10-15-12(3)17-21-13(15)4/h5-8,11H,9-10H2,1-4H3. The van der Waals surface area contributed by atoms with Crippen molar-refractivity contribution in [2.45, 2.75) is 45.3 Å². The van der Waals surface area contributed by atoms with E-state index in [1.54, 1.807) is 26.0 Å². The Balaban J connectivity index is 2.23. The zero-order valence-corrected chi connectivity index (χ0v) is 14.1. The van der Waals surface area contributed by atoms with Crippen LogP contribution in [0.25, 0.3) is 0 Å². The number of hydrogen-bond acceptors (Lipinski definition) is 5. The highest BCUT2D eigenvalue weighted by Gasteiger charge is 2.21. The summed E-state index contributed by atoms with van der Waals surface area (Å²) in [6.45, 7) is 7.29. The van der Waals surface area contributed by atoms with Gasteiger partial charge in [0.2, 0.25) is 0 Å². The first-order chi connectivity index (χ1) is 10.3. The molecule has 0 saturated carbocycles. The summed E-state index contributed by atoms with van der Waals surface area (Å²) in [6, 6.07) is 7.22. The van der Waals surface area contributed by atoms with Crippen LogP contribution in [0.5, 0.6) is 5.75 Å². The van der Waals surface area contributed by atoms with Crippen molar-refractivity contribution >= 4 is 9.84 Å². The molecule has 0 aliphatic carbocycles. The van der Waals surface area contributed by atoms with Crippen LogP contribution in [0.1, 0.15) is 36.4 Å². The summed E-state index contributed by atoms with van der Waals surface area (Å²) < 4.78 is 35.7. The molecule has 0 unspecified atom stereocenters. The van der Waals surface area contributed by atoms with Gasteiger partial charge in [-0.05, 0) is 33.8 Å². The van der Waals surface area contributed by atoms with E-state index in [0.717, 1.165) is 0 Å². The minimum atomic E-state index is -3.34. The minimum absolute atomic E-state index is 0.00795. The lowest BCUT2D eigenvalue weighted by atomic mass is 10.2. The molecule has 2 rings (SSSR count). The number of benzene rings is 1. The number of rotatable bonds is 6. The molecule has 0 bridgehead atoms. The maximum absolute atomic E-state index is 12.5. The lowest BCUT2D eigenvalue weighted by Gasteiger charge is -2.14. The Bertz CT molecular complexity index is 728. The lowest BCUT2D eigenvalue weighted by Crippen LogP contribution is -2.12. The molecular formula is C16H21NO4S. The molecule has 2 aromatic rings. The fourth-order valence-electron chi connectivity index (χ4n) is 2.21. The summed E-state index contributed by atoms with van der Waals surface area (Å²) in [7, 11) is -3.34. The first kappa shape index (κ1) is 16.5. The molecular weight excluding hydrogens is 302 g/mol. The van der Waals surface area contributed by atoms with Crippen molar-refractivity contribution in [3.05, 3.63) is 46.8 Å². The Morgan fingerprint density at radius 3 is 2.45 bits per heavy atom. The average molecular weight is 323 g/mol. The van der Waals surface area contributed by atoms with E-state index in [1.807, 2.05) is 26.0 Å². The van der Waals surface area contributed by atoms with Crippen LogP contribution in [-0.4, -0.2) is 19.7 Å². The SMILES string of the molecule is Cc1noc(C)c1CS(=O)(=O)Cc1ccccc1OC(C)C. The minimum Gasteiger partial charge on any atom is -0.491 e. The second-order valence-corrected chi connectivity index (χ2v) is 7.67. The van der Waals surface area contributed by atoms with Gasteiger partial charge >= 0.3 is 0 Å². The third-order valence-corrected chi connectivity index (χ3v) is 4.74. The van der Waals surface area contributed by atoms with Gasteiger partial charge in [0.15, 0.2) is 9.84 Å². The largest absolute Gasteiger partial charge is 0.491 e. The van der Waals surface area contributed by atoms with E-state index in [0.29, 0.717) is 28.3 Å². The van der Waals surface area contributed by atoms with Gasteiger partial charge in [-0.15, -0.1) is 0 Å². The number of para-hydroxylation sites is 1. The average Bonchev–Trinajstić information content (AvgIpc) is 2.71. The molecule has 0 saturated heterocycles. The molecule has 6 heteroatoms. The second kappa shape index (κ2) is 6.52. The normalized spacial score (nSPS) is 11.9. The Morgan fingerprint density at radius 2 is 1.86 bits per heavy atom. The number of hydrogen-bond donors (Lipinski definition) is 0. The zero-order chi connectivity index (χ0) is 16.3. The molecule has 0 aliphatic heterocycles. The highest BCUT2D eigenvalue weighted by atomic mass is 32.2. The molecule has 0 aliphatic rings. The molecule has 0 fully saturated rings. The smallest absolute Gasteiger partial charge is 0.158 e. The maximum Gasteiger partial charge on any atom is 0.158 e. The summed E-state index contributed by atoms with van der Waals surface area (Å²) in [4.78, 5) is 0. The number of aryl methyl sites for hydroxylation is 2. The first-order valence-electron chi connectivity index (χ1n) is 7.15. The lowest BCUT2D eigenvalue weighted by molar-refractivity contribution is 0.240. The third-order valence-electron chi connectivity index (χ3n) is 3.26. The Hall–Kier alpha value is -1.82. The van der Waals surface area contributed by atoms with Gasteiger partial charge in [-0.25, -0.2) is 8.42 Å². The first-order valence-corrected chi connectivity index (χ1v) is 8.97. The van der Waals surface area contributed by atoms with E-state index in [9.17, 15) is 8.42 Å². The van der Waals surface area contributed by atoms with Crippen molar-refractivity contribution in [2.24, 2.45) is 0 Å². The molecule has 0 N–H and O–H groups in total. The van der Waals surface area contributed by atoms with Gasteiger partial charge < -0.3 is 9.26 Å². The molecule has 0 spiro atoms. The summed E-state index contributed by atoms with van der Waals surface area (Å²) in [5.74, 6) is 1.01. The number of nitrogens with zero attached hydrogens (tertiary/aromatic N) is 1. The highest BCUT2D eigenvalue weighted by molar-refractivity contribution is 7.89. The molecule has 0 radical (unpaired) electrons. The van der Waals surface area contributed by atoms with E-state index in [4.69, 9.17) is 9.26 Å². The molecule has 1 aromatic carbocycles. The quantitative estimate of drug-likeness (QED) is 0.816. The van der Waals surface area contributed by atoms with Crippen molar-refractivity contribution in [2.75, 3.05) is 0 Å². The van der Waals surface area contributed by atoms with Crippen LogP contribution in [0.2, 0.25) is 0 Å². The van der Waals surface area contributed by atoms with Crippen molar-refractivity contribution in [1.29, 1.82) is 0 Å². The second-order valence-electron chi connectivity index (χ2n) is 5.61. The van der Waals surface area contributed by atoms with E-state index in [-0.39, 0.29) is 17.6 Å². The van der Waals surface area contributed by atoms with Gasteiger partial charge in [-0.2, -0.15) is 0 Å². The summed E-state index contributed by atoms with van der Waals surface area (Å²) in [5.41, 5.74) is 1.93. The summed E-state index contributed by atoms with van der Waals surface area (Å²) >= 11 is 0. The van der Waals surface area contributed by atoms with Crippen LogP contribution in [0, 0.1) is 13.8 Å². The van der Waals surface area contributed by atoms with E-state index in [2.05, 4.69) is 5.16 Å². The Morgan fingerprint density at radius 1 is 1.18 bits per heavy atom. The maximum atomic E-state index is 12.5. The van der Waals surface area contributed by atoms with Crippen LogP contribution in [0.15, 0.2) is 28.8 Å². The summed E-state index contributed by atoms with van der Waals surface area (Å²) in [6.07, 6.45) is -0.00795. The predicted molar refractivity (Wildman–Crippen MR) is 84.5 cm³/mol. The molecule has 1 heterocycles. The zero-order valence-electron chi connectivity index (χ0n) is 13.3. The fraction of sp³-hybridized carbons (Fsp3) is 0.438. The van der Waals surface area contributed by atoms with Crippen LogP contribution >= 0.6 is 0 Å². The van der Waals surface area contributed by atoms with Gasteiger partial charge in [-0.1, -0.05) is 23.4 Å². The monoisotopic (exact) mass is 323 g/mol. The Kier molecular flexibility index (Phi) is 4.90. The molecule has 22 heavy (non-hydrogen) atoms. The highest BCUT2D eigenvalue weighted by Crippen LogP contribution is 2.24. The van der Waals surface area contributed by atoms with Gasteiger partial charge in [0.1, 0.15) is 11.5 Å². The number of aromatic nitrogens is 1. The van der Waals surface area contributed by atoms with Crippen LogP contribution < -0.4 is 4.74 Å². The van der Waals surface area contributed by atoms with Crippen LogP contribution in [-0.2, 0) is 21.3 Å². The van der Waals surface area contributed by atoms with Gasteiger partial charge in [0, 0.05) is 11.1 Å². The van der Waals surface area contributed by atoms with Crippen molar-refractivity contribution in [3.63, 3.8) is 0 Å². The van der Waals surface area contributed by atoms with Crippen molar-refractivity contribution in [1.82, 2.24) is 5.16 Å². The van der Waals surface area contributed by atoms with Crippen molar-refractivity contribution < 1.29 is 17.7 Å². The topological polar surface area (TPSA) is 69.4 Å². The van der Waals surface area contributed by atoms with E-state index < -0.39 is 9.84 Å². The number of ether oxygens (including phenoxy) is 1. The molecule has 1 aromatic heterocycles. The molecule has 0 atom stereocenters. The number of sulfone groups is 1. The Labute approximate surface area is 131 Å². The van der Waals surface area contributed by atoms with Crippen molar-refractivity contribution in [3.8, 4) is 5.75 Å². The third kappa shape index (κ3) is 4.10. The molecule has 0 amide bonds. The van der Waals surface area contributed by atoms with Gasteiger partial charge in [0.05, 0.1) is 23.3 Å². The van der Waals surface area contributed by atoms with Gasteiger partial charge in [0.25, 0.3) is 0 Å². The van der Waals surface area contributed by atoms with E-state index >= 15 is 0 Å². The van der Waals surface area contributed by atoms with Crippen LogP contribution in [0.4, 0.5) is 0 Å².